The smallest absolute Gasteiger partial charge is 0.170 e. The molecule has 0 bridgehead atoms. The van der Waals surface area contributed by atoms with E-state index in [-0.39, 0.29) is 11.9 Å². The van der Waals surface area contributed by atoms with Gasteiger partial charge >= 0.3 is 0 Å². The van der Waals surface area contributed by atoms with Crippen LogP contribution in [0.25, 0.3) is 0 Å². The van der Waals surface area contributed by atoms with Gasteiger partial charge in [0, 0.05) is 19.2 Å². The van der Waals surface area contributed by atoms with Crippen molar-refractivity contribution in [3.63, 3.8) is 0 Å². The number of hydrogen-bond acceptors (Lipinski definition) is 4. The maximum absolute atomic E-state index is 8.62. The van der Waals surface area contributed by atoms with Crippen molar-refractivity contribution in [2.45, 2.75) is 20.0 Å². The van der Waals surface area contributed by atoms with E-state index >= 15 is 0 Å². The van der Waals surface area contributed by atoms with E-state index in [2.05, 4.69) is 5.16 Å². The summed E-state index contributed by atoms with van der Waals surface area (Å²) in [5.41, 5.74) is 6.98. The number of hydrogen-bond donors (Lipinski definition) is 2. The standard InChI is InChI=1S/C13H20ClN3O2/c1-9(2)19-7-6-17(3)12-5-4-10(8-11(12)14)13(15)16-18/h4-5,8-9,18H,6-7H2,1-3H3,(H2,15,16). The predicted molar refractivity (Wildman–Crippen MR) is 78.3 cm³/mol. The van der Waals surface area contributed by atoms with Crippen molar-refractivity contribution in [3.05, 3.63) is 28.8 Å². The molecule has 1 aromatic carbocycles. The number of benzene rings is 1. The van der Waals surface area contributed by atoms with E-state index in [4.69, 9.17) is 27.3 Å². The van der Waals surface area contributed by atoms with Gasteiger partial charge in [-0.3, -0.25) is 0 Å². The fourth-order valence-electron chi connectivity index (χ4n) is 1.58. The SMILES string of the molecule is CC(C)OCCN(C)c1ccc(/C(N)=N/O)cc1Cl. The maximum atomic E-state index is 8.62. The van der Waals surface area contributed by atoms with Gasteiger partial charge < -0.3 is 20.6 Å². The van der Waals surface area contributed by atoms with Crippen molar-refractivity contribution in [2.75, 3.05) is 25.1 Å². The van der Waals surface area contributed by atoms with Gasteiger partial charge in [0.1, 0.15) is 0 Å². The molecule has 0 amide bonds. The summed E-state index contributed by atoms with van der Waals surface area (Å²) in [6, 6.07) is 5.27. The van der Waals surface area contributed by atoms with Crippen LogP contribution in [-0.2, 0) is 4.74 Å². The summed E-state index contributed by atoms with van der Waals surface area (Å²) in [5.74, 6) is 0.0410. The number of likely N-dealkylation sites (N-methyl/N-ethyl adjacent to an activating group) is 1. The van der Waals surface area contributed by atoms with Gasteiger partial charge in [-0.25, -0.2) is 0 Å². The number of amidine groups is 1. The van der Waals surface area contributed by atoms with Crippen LogP contribution in [-0.4, -0.2) is 37.3 Å². The lowest BCUT2D eigenvalue weighted by Crippen LogP contribution is -2.24. The van der Waals surface area contributed by atoms with Crippen molar-refractivity contribution in [3.8, 4) is 0 Å². The van der Waals surface area contributed by atoms with Crippen LogP contribution in [0.4, 0.5) is 5.69 Å². The number of nitrogens with zero attached hydrogens (tertiary/aromatic N) is 2. The molecular weight excluding hydrogens is 266 g/mol. The highest BCUT2D eigenvalue weighted by Gasteiger charge is 2.09. The van der Waals surface area contributed by atoms with E-state index < -0.39 is 0 Å². The van der Waals surface area contributed by atoms with Crippen molar-refractivity contribution >= 4 is 23.1 Å². The second-order valence-corrected chi connectivity index (χ2v) is 4.90. The zero-order valence-electron chi connectivity index (χ0n) is 11.4. The molecule has 6 heteroatoms. The van der Waals surface area contributed by atoms with Gasteiger partial charge in [0.15, 0.2) is 5.84 Å². The highest BCUT2D eigenvalue weighted by atomic mass is 35.5. The summed E-state index contributed by atoms with van der Waals surface area (Å²) in [7, 11) is 1.94. The van der Waals surface area contributed by atoms with Crippen molar-refractivity contribution < 1.29 is 9.94 Å². The normalized spacial score (nSPS) is 11.9. The highest BCUT2D eigenvalue weighted by molar-refractivity contribution is 6.33. The molecule has 1 rings (SSSR count). The van der Waals surface area contributed by atoms with Crippen LogP contribution < -0.4 is 10.6 Å². The molecule has 0 heterocycles. The molecule has 5 nitrogen and oxygen atoms in total. The third-order valence-electron chi connectivity index (χ3n) is 2.64. The fraction of sp³-hybridized carbons (Fsp3) is 0.462. The minimum Gasteiger partial charge on any atom is -0.409 e. The Kier molecular flexibility index (Phi) is 5.92. The fourth-order valence-corrected chi connectivity index (χ4v) is 1.90. The lowest BCUT2D eigenvalue weighted by molar-refractivity contribution is 0.0846. The van der Waals surface area contributed by atoms with E-state index in [0.717, 1.165) is 12.2 Å². The summed E-state index contributed by atoms with van der Waals surface area (Å²) < 4.78 is 5.50. The lowest BCUT2D eigenvalue weighted by Gasteiger charge is -2.21. The third kappa shape index (κ3) is 4.61. The van der Waals surface area contributed by atoms with Gasteiger partial charge in [0.2, 0.25) is 0 Å². The van der Waals surface area contributed by atoms with Crippen LogP contribution in [0.5, 0.6) is 0 Å². The van der Waals surface area contributed by atoms with Crippen molar-refractivity contribution in [2.24, 2.45) is 10.9 Å². The summed E-state index contributed by atoms with van der Waals surface area (Å²) >= 11 is 6.19. The molecule has 0 fully saturated rings. The second-order valence-electron chi connectivity index (χ2n) is 4.49. The Bertz CT molecular complexity index is 450. The zero-order valence-corrected chi connectivity index (χ0v) is 12.2. The van der Waals surface area contributed by atoms with Gasteiger partial charge in [-0.15, -0.1) is 0 Å². The topological polar surface area (TPSA) is 71.1 Å². The Balaban J connectivity index is 2.73. The molecule has 0 atom stereocenters. The summed E-state index contributed by atoms with van der Waals surface area (Å²) in [4.78, 5) is 2.00. The number of oxime groups is 1. The van der Waals surface area contributed by atoms with Crippen LogP contribution in [0, 0.1) is 0 Å². The molecule has 0 spiro atoms. The van der Waals surface area contributed by atoms with E-state index in [1.54, 1.807) is 12.1 Å². The van der Waals surface area contributed by atoms with E-state index in [1.807, 2.05) is 31.9 Å². The van der Waals surface area contributed by atoms with Gasteiger partial charge in [-0.2, -0.15) is 0 Å². The average molecular weight is 286 g/mol. The number of halogens is 1. The largest absolute Gasteiger partial charge is 0.409 e. The Morgan fingerprint density at radius 3 is 2.74 bits per heavy atom. The predicted octanol–water partition coefficient (Wildman–Crippen LogP) is 2.30. The summed E-state index contributed by atoms with van der Waals surface area (Å²) in [5, 5.41) is 12.1. The first-order chi connectivity index (χ1) is 8.95. The molecule has 3 N–H and O–H groups in total. The quantitative estimate of drug-likeness (QED) is 0.364. The Labute approximate surface area is 118 Å². The molecular formula is C13H20ClN3O2. The molecule has 106 valence electrons. The molecule has 0 aliphatic rings. The minimum absolute atomic E-state index is 0.0410. The maximum Gasteiger partial charge on any atom is 0.170 e. The number of rotatable bonds is 6. The van der Waals surface area contributed by atoms with Gasteiger partial charge in [0.05, 0.1) is 23.4 Å². The molecule has 0 aliphatic carbocycles. The second kappa shape index (κ2) is 7.21. The van der Waals surface area contributed by atoms with Crippen molar-refractivity contribution in [1.82, 2.24) is 0 Å². The molecule has 19 heavy (non-hydrogen) atoms. The molecule has 1 aromatic rings. The van der Waals surface area contributed by atoms with Gasteiger partial charge in [0.25, 0.3) is 0 Å². The highest BCUT2D eigenvalue weighted by Crippen LogP contribution is 2.25. The monoisotopic (exact) mass is 285 g/mol. The van der Waals surface area contributed by atoms with Gasteiger partial charge in [-0.05, 0) is 32.0 Å². The third-order valence-corrected chi connectivity index (χ3v) is 2.94. The molecule has 0 saturated carbocycles. The first-order valence-electron chi connectivity index (χ1n) is 6.06. The van der Waals surface area contributed by atoms with Crippen LogP contribution in [0.15, 0.2) is 23.4 Å². The van der Waals surface area contributed by atoms with Crippen LogP contribution in [0.1, 0.15) is 19.4 Å². The van der Waals surface area contributed by atoms with Crippen LogP contribution in [0.3, 0.4) is 0 Å². The van der Waals surface area contributed by atoms with E-state index in [1.165, 1.54) is 0 Å². The van der Waals surface area contributed by atoms with Crippen LogP contribution >= 0.6 is 11.6 Å². The molecule has 0 saturated heterocycles. The van der Waals surface area contributed by atoms with Crippen molar-refractivity contribution in [1.29, 1.82) is 0 Å². The average Bonchev–Trinajstić information content (AvgIpc) is 2.36. The number of anilines is 1. The molecule has 0 aromatic heterocycles. The lowest BCUT2D eigenvalue weighted by atomic mass is 10.2. The Hall–Kier alpha value is -1.46. The Morgan fingerprint density at radius 2 is 2.21 bits per heavy atom. The van der Waals surface area contributed by atoms with Crippen LogP contribution in [0.2, 0.25) is 5.02 Å². The number of nitrogens with two attached hydrogens (primary N) is 1. The van der Waals surface area contributed by atoms with E-state index in [0.29, 0.717) is 17.2 Å². The molecule has 0 radical (unpaired) electrons. The first kappa shape index (κ1) is 15.6. The van der Waals surface area contributed by atoms with Gasteiger partial charge in [-0.1, -0.05) is 16.8 Å². The first-order valence-corrected chi connectivity index (χ1v) is 6.43. The zero-order chi connectivity index (χ0) is 14.4. The minimum atomic E-state index is 0.0410. The molecule has 0 aliphatic heterocycles. The molecule has 0 unspecified atom stereocenters. The number of ether oxygens (including phenoxy) is 1. The van der Waals surface area contributed by atoms with E-state index in [9.17, 15) is 0 Å². The summed E-state index contributed by atoms with van der Waals surface area (Å²) in [6.45, 7) is 5.37. The Morgan fingerprint density at radius 1 is 1.53 bits per heavy atom. The summed E-state index contributed by atoms with van der Waals surface area (Å²) in [6.07, 6.45) is 0.215.